The van der Waals surface area contributed by atoms with E-state index in [4.69, 9.17) is 13.9 Å². The molecular formula is C26H30N4O7. The first-order chi connectivity index (χ1) is 17.9. The monoisotopic (exact) mass is 510 g/mol. The number of amides is 1. The van der Waals surface area contributed by atoms with Crippen LogP contribution in [-0.2, 0) is 34.5 Å². The highest BCUT2D eigenvalue weighted by Crippen LogP contribution is 2.34. The number of carbonyl (C=O) groups is 2. The van der Waals surface area contributed by atoms with Crippen LogP contribution in [-0.4, -0.2) is 70.1 Å². The Morgan fingerprint density at radius 3 is 2.57 bits per heavy atom. The Kier molecular flexibility index (Phi) is 8.24. The van der Waals surface area contributed by atoms with Gasteiger partial charge in [0, 0.05) is 51.7 Å². The van der Waals surface area contributed by atoms with Gasteiger partial charge >= 0.3 is 5.97 Å². The van der Waals surface area contributed by atoms with E-state index in [0.29, 0.717) is 49.8 Å². The lowest BCUT2D eigenvalue weighted by atomic mass is 9.92. The molecule has 0 spiro atoms. The van der Waals surface area contributed by atoms with Gasteiger partial charge in [-0.05, 0) is 17.7 Å². The van der Waals surface area contributed by atoms with Crippen molar-refractivity contribution >= 4 is 12.4 Å². The molecule has 2 aromatic heterocycles. The topological polar surface area (TPSA) is 127 Å². The molecule has 1 saturated heterocycles. The summed E-state index contributed by atoms with van der Waals surface area (Å²) in [5, 5.41) is 10.6. The molecule has 1 N–H and O–H groups in total. The molecule has 1 atom stereocenters. The van der Waals surface area contributed by atoms with Crippen molar-refractivity contribution < 1.29 is 28.6 Å². The number of nitrogens with zero attached hydrogens (tertiary/aromatic N) is 4. The van der Waals surface area contributed by atoms with Crippen LogP contribution in [0, 0.1) is 0 Å². The maximum Gasteiger partial charge on any atom is 0.306 e. The highest BCUT2D eigenvalue weighted by atomic mass is 16.5. The number of aromatic hydroxyl groups is 1. The number of ether oxygens (including phenoxy) is 2. The van der Waals surface area contributed by atoms with E-state index < -0.39 is 23.1 Å². The zero-order valence-electron chi connectivity index (χ0n) is 20.8. The van der Waals surface area contributed by atoms with E-state index in [1.807, 2.05) is 17.8 Å². The Morgan fingerprint density at radius 2 is 1.95 bits per heavy atom. The molecule has 4 rings (SSSR count). The fraction of sp³-hybridized carbons (Fsp3) is 0.385. The molecule has 0 aliphatic carbocycles. The summed E-state index contributed by atoms with van der Waals surface area (Å²) in [7, 11) is 3.16. The van der Waals surface area contributed by atoms with Crippen molar-refractivity contribution in [2.45, 2.75) is 25.5 Å². The van der Waals surface area contributed by atoms with Crippen LogP contribution >= 0.6 is 0 Å². The maximum atomic E-state index is 12.6. The molecule has 37 heavy (non-hydrogen) atoms. The lowest BCUT2D eigenvalue weighted by molar-refractivity contribution is -0.141. The van der Waals surface area contributed by atoms with Crippen LogP contribution in [0.3, 0.4) is 0 Å². The summed E-state index contributed by atoms with van der Waals surface area (Å²) in [5.74, 6) is -0.0868. The fourth-order valence-electron chi connectivity index (χ4n) is 4.21. The molecule has 1 aliphatic heterocycles. The number of carbonyl (C=O) groups excluding carboxylic acids is 2. The van der Waals surface area contributed by atoms with Crippen LogP contribution in [0.1, 0.15) is 35.2 Å². The molecule has 11 heteroatoms. The summed E-state index contributed by atoms with van der Waals surface area (Å²) in [6.07, 6.45) is 4.21. The number of aromatic nitrogens is 2. The van der Waals surface area contributed by atoms with Crippen molar-refractivity contribution in [1.29, 1.82) is 0 Å². The van der Waals surface area contributed by atoms with Crippen LogP contribution in [0.25, 0.3) is 0 Å². The van der Waals surface area contributed by atoms with E-state index in [1.165, 1.54) is 13.2 Å². The van der Waals surface area contributed by atoms with Crippen molar-refractivity contribution in [1.82, 2.24) is 19.4 Å². The molecule has 1 aliphatic rings. The summed E-state index contributed by atoms with van der Waals surface area (Å²) >= 11 is 0. The molecular weight excluding hydrogens is 480 g/mol. The van der Waals surface area contributed by atoms with E-state index >= 15 is 0 Å². The normalized spacial score (nSPS) is 14.8. The van der Waals surface area contributed by atoms with Gasteiger partial charge in [0.05, 0.1) is 26.0 Å². The predicted octanol–water partition coefficient (Wildman–Crippen LogP) is 1.63. The number of benzene rings is 1. The maximum absolute atomic E-state index is 12.6. The van der Waals surface area contributed by atoms with Crippen LogP contribution in [0.4, 0.5) is 0 Å². The van der Waals surface area contributed by atoms with Crippen molar-refractivity contribution in [3.63, 3.8) is 0 Å². The second-order valence-corrected chi connectivity index (χ2v) is 8.85. The van der Waals surface area contributed by atoms with Gasteiger partial charge in [-0.2, -0.15) is 0 Å². The standard InChI is InChI=1S/C26H30N4O7/c1-28-8-7-27-23(28)16-36-19-5-3-18(4-6-19)21(14-24(33)35-2)26-25(34)22(32)13-20(37-26)15-29-9-11-30(17-31)12-10-29/h3-8,13,17,21,34H,9-12,14-16H2,1-2H3/t21-/m0/s1. The number of methoxy groups -OCH3 is 1. The Hall–Kier alpha value is -4.12. The zero-order chi connectivity index (χ0) is 26.4. The molecule has 1 amide bonds. The quantitative estimate of drug-likeness (QED) is 0.320. The van der Waals surface area contributed by atoms with E-state index in [9.17, 15) is 19.5 Å². The Labute approximate surface area is 213 Å². The lowest BCUT2D eigenvalue weighted by Gasteiger charge is -2.32. The van der Waals surface area contributed by atoms with Gasteiger partial charge in [0.15, 0.2) is 5.76 Å². The molecule has 0 unspecified atom stereocenters. The van der Waals surface area contributed by atoms with Gasteiger partial charge < -0.3 is 28.5 Å². The molecule has 0 saturated carbocycles. The Balaban J connectivity index is 1.57. The van der Waals surface area contributed by atoms with Crippen LogP contribution in [0.5, 0.6) is 11.5 Å². The third-order valence-corrected chi connectivity index (χ3v) is 6.42. The van der Waals surface area contributed by atoms with Gasteiger partial charge in [-0.15, -0.1) is 0 Å². The first kappa shape index (κ1) is 26.0. The number of piperazine rings is 1. The summed E-state index contributed by atoms with van der Waals surface area (Å²) < 4.78 is 18.6. The van der Waals surface area contributed by atoms with Gasteiger partial charge in [-0.1, -0.05) is 12.1 Å². The number of aryl methyl sites for hydroxylation is 1. The van der Waals surface area contributed by atoms with Crippen molar-refractivity contribution in [2.24, 2.45) is 7.05 Å². The van der Waals surface area contributed by atoms with Gasteiger partial charge in [-0.3, -0.25) is 19.3 Å². The Morgan fingerprint density at radius 1 is 1.22 bits per heavy atom. The highest BCUT2D eigenvalue weighted by Gasteiger charge is 2.27. The predicted molar refractivity (Wildman–Crippen MR) is 132 cm³/mol. The summed E-state index contributed by atoms with van der Waals surface area (Å²) in [6, 6.07) is 8.26. The number of hydrogen-bond donors (Lipinski definition) is 1. The van der Waals surface area contributed by atoms with Crippen LogP contribution < -0.4 is 10.2 Å². The lowest BCUT2D eigenvalue weighted by Crippen LogP contribution is -2.45. The van der Waals surface area contributed by atoms with Crippen LogP contribution in [0.2, 0.25) is 0 Å². The zero-order valence-corrected chi connectivity index (χ0v) is 20.8. The molecule has 196 valence electrons. The molecule has 0 radical (unpaired) electrons. The minimum atomic E-state index is -0.754. The van der Waals surface area contributed by atoms with Crippen LogP contribution in [0.15, 0.2) is 51.9 Å². The number of imidazole rings is 1. The summed E-state index contributed by atoms with van der Waals surface area (Å²) in [4.78, 5) is 43.8. The fourth-order valence-corrected chi connectivity index (χ4v) is 4.21. The third kappa shape index (κ3) is 6.36. The van der Waals surface area contributed by atoms with Gasteiger partial charge in [0.2, 0.25) is 17.6 Å². The van der Waals surface area contributed by atoms with E-state index in [0.717, 1.165) is 12.2 Å². The van der Waals surface area contributed by atoms with Gasteiger partial charge in [0.25, 0.3) is 0 Å². The van der Waals surface area contributed by atoms with E-state index in [2.05, 4.69) is 9.88 Å². The number of esters is 1. The first-order valence-electron chi connectivity index (χ1n) is 11.9. The van der Waals surface area contributed by atoms with E-state index in [-0.39, 0.29) is 18.8 Å². The van der Waals surface area contributed by atoms with Crippen molar-refractivity contribution in [3.8, 4) is 11.5 Å². The van der Waals surface area contributed by atoms with Gasteiger partial charge in [-0.25, -0.2) is 4.98 Å². The first-order valence-corrected chi connectivity index (χ1v) is 11.9. The SMILES string of the molecule is COC(=O)C[C@@H](c1ccc(OCc2nccn2C)cc1)c1oc(CN2CCN(C=O)CC2)cc(=O)c1O. The molecule has 1 fully saturated rings. The molecule has 3 aromatic rings. The van der Waals surface area contributed by atoms with Crippen molar-refractivity contribution in [3.05, 3.63) is 75.9 Å². The largest absolute Gasteiger partial charge is 0.502 e. The smallest absolute Gasteiger partial charge is 0.306 e. The minimum absolute atomic E-state index is 0.00102. The number of rotatable bonds is 10. The second kappa shape index (κ2) is 11.7. The number of hydrogen-bond acceptors (Lipinski definition) is 9. The molecule has 11 nitrogen and oxygen atoms in total. The second-order valence-electron chi connectivity index (χ2n) is 8.85. The summed E-state index contributed by atoms with van der Waals surface area (Å²) in [6.45, 7) is 3.04. The van der Waals surface area contributed by atoms with E-state index in [1.54, 1.807) is 35.4 Å². The molecule has 0 bridgehead atoms. The Bertz CT molecular complexity index is 1280. The third-order valence-electron chi connectivity index (χ3n) is 6.42. The average Bonchev–Trinajstić information content (AvgIpc) is 3.33. The van der Waals surface area contributed by atoms with Crippen molar-refractivity contribution in [2.75, 3.05) is 33.3 Å². The highest BCUT2D eigenvalue weighted by molar-refractivity contribution is 5.71. The summed E-state index contributed by atoms with van der Waals surface area (Å²) in [5.41, 5.74) is 0.0533. The molecule has 3 heterocycles. The minimum Gasteiger partial charge on any atom is -0.502 e. The van der Waals surface area contributed by atoms with Gasteiger partial charge in [0.1, 0.15) is 23.9 Å². The average molecular weight is 511 g/mol. The molecule has 1 aromatic carbocycles.